The van der Waals surface area contributed by atoms with E-state index in [0.717, 1.165) is 12.8 Å². The van der Waals surface area contributed by atoms with Gasteiger partial charge in [-0.15, -0.1) is 0 Å². The second-order valence-corrected chi connectivity index (χ2v) is 5.95. The lowest BCUT2D eigenvalue weighted by Crippen LogP contribution is -2.19. The van der Waals surface area contributed by atoms with Crippen molar-refractivity contribution in [2.24, 2.45) is 5.41 Å². The Morgan fingerprint density at radius 3 is 2.29 bits per heavy atom. The molecule has 0 unspecified atom stereocenters. The first-order chi connectivity index (χ1) is 7.80. The predicted molar refractivity (Wildman–Crippen MR) is 73.3 cm³/mol. The van der Waals surface area contributed by atoms with Crippen molar-refractivity contribution in [3.63, 3.8) is 0 Å². The number of ketones is 1. The molecule has 0 fully saturated rings. The Bertz CT molecular complexity index is 396. The van der Waals surface area contributed by atoms with Gasteiger partial charge >= 0.3 is 0 Å². The van der Waals surface area contributed by atoms with Gasteiger partial charge in [-0.1, -0.05) is 39.0 Å². The average molecular weight is 232 g/mol. The zero-order valence-corrected chi connectivity index (χ0v) is 11.8. The molecule has 1 aromatic rings. The van der Waals surface area contributed by atoms with Gasteiger partial charge in [-0.2, -0.15) is 0 Å². The molecule has 0 saturated carbocycles. The van der Waals surface area contributed by atoms with Gasteiger partial charge in [0.2, 0.25) is 0 Å². The van der Waals surface area contributed by atoms with Gasteiger partial charge in [0.05, 0.1) is 0 Å². The van der Waals surface area contributed by atoms with Crippen molar-refractivity contribution in [1.82, 2.24) is 0 Å². The second kappa shape index (κ2) is 5.48. The highest BCUT2D eigenvalue weighted by Gasteiger charge is 2.19. The van der Waals surface area contributed by atoms with Gasteiger partial charge in [-0.05, 0) is 43.4 Å². The molecule has 94 valence electrons. The van der Waals surface area contributed by atoms with Crippen LogP contribution in [-0.4, -0.2) is 5.78 Å². The summed E-state index contributed by atoms with van der Waals surface area (Å²) in [5.41, 5.74) is 3.82. The predicted octanol–water partition coefficient (Wildman–Crippen LogP) is 4.24. The highest BCUT2D eigenvalue weighted by atomic mass is 16.1. The van der Waals surface area contributed by atoms with E-state index in [1.807, 2.05) is 20.8 Å². The second-order valence-electron chi connectivity index (χ2n) is 5.95. The number of carbonyl (C=O) groups is 1. The Hall–Kier alpha value is -1.11. The van der Waals surface area contributed by atoms with Crippen LogP contribution in [-0.2, 0) is 11.2 Å². The molecule has 0 bridgehead atoms. The maximum absolute atomic E-state index is 11.8. The minimum absolute atomic E-state index is 0.191. The molecule has 0 saturated heterocycles. The first-order valence-corrected chi connectivity index (χ1v) is 6.40. The Labute approximate surface area is 105 Å². The summed E-state index contributed by atoms with van der Waals surface area (Å²) < 4.78 is 0. The van der Waals surface area contributed by atoms with Gasteiger partial charge in [-0.25, -0.2) is 0 Å². The standard InChI is InChI=1S/C16H24O/c1-12-9-10-14(11-13(12)2)7-6-8-15(17)16(3,4)5/h9-11H,6-8H2,1-5H3. The maximum atomic E-state index is 11.8. The molecule has 0 aliphatic carbocycles. The van der Waals surface area contributed by atoms with Crippen LogP contribution in [0.15, 0.2) is 18.2 Å². The van der Waals surface area contributed by atoms with Crippen molar-refractivity contribution in [2.75, 3.05) is 0 Å². The van der Waals surface area contributed by atoms with Crippen LogP contribution in [0.2, 0.25) is 0 Å². The van der Waals surface area contributed by atoms with Crippen LogP contribution in [0.1, 0.15) is 50.3 Å². The number of Topliss-reactive ketones (excluding diaryl/α,β-unsaturated/α-hetero) is 1. The van der Waals surface area contributed by atoms with Crippen molar-refractivity contribution in [3.05, 3.63) is 34.9 Å². The number of hydrogen-bond acceptors (Lipinski definition) is 1. The Morgan fingerprint density at radius 1 is 1.12 bits per heavy atom. The zero-order valence-electron chi connectivity index (χ0n) is 11.8. The molecular formula is C16H24O. The third-order valence-electron chi connectivity index (χ3n) is 3.28. The van der Waals surface area contributed by atoms with Crippen molar-refractivity contribution in [1.29, 1.82) is 0 Å². The van der Waals surface area contributed by atoms with Crippen molar-refractivity contribution < 1.29 is 4.79 Å². The summed E-state index contributed by atoms with van der Waals surface area (Å²) in [6.07, 6.45) is 2.65. The summed E-state index contributed by atoms with van der Waals surface area (Å²) in [5, 5.41) is 0. The normalized spacial score (nSPS) is 11.6. The number of carbonyl (C=O) groups excluding carboxylic acids is 1. The molecule has 1 rings (SSSR count). The van der Waals surface area contributed by atoms with Crippen LogP contribution in [0.5, 0.6) is 0 Å². The van der Waals surface area contributed by atoms with E-state index in [2.05, 4.69) is 32.0 Å². The molecule has 0 heterocycles. The monoisotopic (exact) mass is 232 g/mol. The fourth-order valence-corrected chi connectivity index (χ4v) is 1.79. The number of hydrogen-bond donors (Lipinski definition) is 0. The first-order valence-electron chi connectivity index (χ1n) is 6.40. The van der Waals surface area contributed by atoms with Crippen LogP contribution in [0.3, 0.4) is 0 Å². The van der Waals surface area contributed by atoms with Crippen LogP contribution in [0.4, 0.5) is 0 Å². The highest BCUT2D eigenvalue weighted by molar-refractivity contribution is 5.83. The van der Waals surface area contributed by atoms with Crippen LogP contribution >= 0.6 is 0 Å². The topological polar surface area (TPSA) is 17.1 Å². The lowest BCUT2D eigenvalue weighted by Gasteiger charge is -2.16. The molecule has 0 aromatic heterocycles. The SMILES string of the molecule is Cc1ccc(CCCC(=O)C(C)(C)C)cc1C. The molecular weight excluding hydrogens is 208 g/mol. The summed E-state index contributed by atoms with van der Waals surface area (Å²) in [6.45, 7) is 10.2. The summed E-state index contributed by atoms with van der Waals surface area (Å²) in [7, 11) is 0. The minimum atomic E-state index is -0.191. The number of benzene rings is 1. The number of aryl methyl sites for hydroxylation is 3. The van der Waals surface area contributed by atoms with E-state index in [-0.39, 0.29) is 5.41 Å². The summed E-state index contributed by atoms with van der Waals surface area (Å²) in [4.78, 5) is 11.8. The van der Waals surface area contributed by atoms with Crippen LogP contribution < -0.4 is 0 Å². The van der Waals surface area contributed by atoms with Crippen molar-refractivity contribution in [3.8, 4) is 0 Å². The molecule has 1 aromatic carbocycles. The van der Waals surface area contributed by atoms with Gasteiger partial charge in [0.25, 0.3) is 0 Å². The molecule has 0 aliphatic rings. The quantitative estimate of drug-likeness (QED) is 0.758. The fraction of sp³-hybridized carbons (Fsp3) is 0.562. The third kappa shape index (κ3) is 4.33. The highest BCUT2D eigenvalue weighted by Crippen LogP contribution is 2.19. The van der Waals surface area contributed by atoms with E-state index in [1.54, 1.807) is 0 Å². The van der Waals surface area contributed by atoms with Crippen molar-refractivity contribution >= 4 is 5.78 Å². The third-order valence-corrected chi connectivity index (χ3v) is 3.28. The Kier molecular flexibility index (Phi) is 4.50. The molecule has 1 nitrogen and oxygen atoms in total. The summed E-state index contributed by atoms with van der Waals surface area (Å²) in [6, 6.07) is 6.57. The van der Waals surface area contributed by atoms with Crippen LogP contribution in [0, 0.1) is 19.3 Å². The van der Waals surface area contributed by atoms with Gasteiger partial charge in [0, 0.05) is 11.8 Å². The van der Waals surface area contributed by atoms with Gasteiger partial charge in [0.1, 0.15) is 5.78 Å². The Morgan fingerprint density at radius 2 is 1.76 bits per heavy atom. The van der Waals surface area contributed by atoms with E-state index in [0.29, 0.717) is 12.2 Å². The smallest absolute Gasteiger partial charge is 0.138 e. The van der Waals surface area contributed by atoms with Crippen molar-refractivity contribution in [2.45, 2.75) is 53.9 Å². The lowest BCUT2D eigenvalue weighted by molar-refractivity contribution is -0.126. The van der Waals surface area contributed by atoms with E-state index in [1.165, 1.54) is 16.7 Å². The zero-order chi connectivity index (χ0) is 13.1. The van der Waals surface area contributed by atoms with Gasteiger partial charge in [-0.3, -0.25) is 4.79 Å². The largest absolute Gasteiger partial charge is 0.299 e. The van der Waals surface area contributed by atoms with E-state index >= 15 is 0 Å². The van der Waals surface area contributed by atoms with Gasteiger partial charge in [0.15, 0.2) is 0 Å². The van der Waals surface area contributed by atoms with Crippen LogP contribution in [0.25, 0.3) is 0 Å². The molecule has 0 radical (unpaired) electrons. The van der Waals surface area contributed by atoms with E-state index in [9.17, 15) is 4.79 Å². The first kappa shape index (κ1) is 14.0. The molecule has 0 atom stereocenters. The van der Waals surface area contributed by atoms with E-state index in [4.69, 9.17) is 0 Å². The van der Waals surface area contributed by atoms with Gasteiger partial charge < -0.3 is 0 Å². The Balaban J connectivity index is 2.46. The molecule has 0 amide bonds. The molecule has 0 N–H and O–H groups in total. The summed E-state index contributed by atoms with van der Waals surface area (Å²) >= 11 is 0. The minimum Gasteiger partial charge on any atom is -0.299 e. The van der Waals surface area contributed by atoms with E-state index < -0.39 is 0 Å². The maximum Gasteiger partial charge on any atom is 0.138 e. The number of rotatable bonds is 4. The molecule has 17 heavy (non-hydrogen) atoms. The lowest BCUT2D eigenvalue weighted by atomic mass is 9.87. The fourth-order valence-electron chi connectivity index (χ4n) is 1.79. The summed E-state index contributed by atoms with van der Waals surface area (Å²) in [5.74, 6) is 0.362. The average Bonchev–Trinajstić information content (AvgIpc) is 2.22. The molecule has 0 spiro atoms. The molecule has 0 aliphatic heterocycles. The molecule has 1 heteroatoms.